The van der Waals surface area contributed by atoms with Crippen LogP contribution in [0.25, 0.3) is 0 Å². The van der Waals surface area contributed by atoms with Gasteiger partial charge in [0.15, 0.2) is 0 Å². The lowest BCUT2D eigenvalue weighted by Gasteiger charge is -2.11. The topological polar surface area (TPSA) is 29.1 Å². The SMILES string of the molecule is O=C(CSc1ccc(Cl)c(C(F)(F)F)c1)Nc1ccc(Cl)cc1. The number of rotatable bonds is 4. The van der Waals surface area contributed by atoms with Crippen molar-refractivity contribution in [3.8, 4) is 0 Å². The van der Waals surface area contributed by atoms with Crippen LogP contribution >= 0.6 is 35.0 Å². The highest BCUT2D eigenvalue weighted by atomic mass is 35.5. The van der Waals surface area contributed by atoms with Crippen LogP contribution in [0, 0.1) is 0 Å². The van der Waals surface area contributed by atoms with Crippen molar-refractivity contribution in [2.75, 3.05) is 11.1 Å². The molecular formula is C15H10Cl2F3NOS. The number of thioether (sulfide) groups is 1. The molecule has 0 aliphatic rings. The van der Waals surface area contributed by atoms with E-state index in [9.17, 15) is 18.0 Å². The number of nitrogens with one attached hydrogen (secondary N) is 1. The van der Waals surface area contributed by atoms with Crippen molar-refractivity contribution in [2.45, 2.75) is 11.1 Å². The molecule has 0 radical (unpaired) electrons. The number of anilines is 1. The van der Waals surface area contributed by atoms with E-state index in [1.165, 1.54) is 12.1 Å². The molecular weight excluding hydrogens is 370 g/mol. The first-order valence-corrected chi connectivity index (χ1v) is 8.05. The molecule has 0 aliphatic heterocycles. The Morgan fingerprint density at radius 2 is 1.74 bits per heavy atom. The van der Waals surface area contributed by atoms with E-state index in [1.54, 1.807) is 24.3 Å². The van der Waals surface area contributed by atoms with Crippen molar-refractivity contribution >= 4 is 46.6 Å². The van der Waals surface area contributed by atoms with Crippen molar-refractivity contribution in [1.29, 1.82) is 0 Å². The number of hydrogen-bond donors (Lipinski definition) is 1. The minimum Gasteiger partial charge on any atom is -0.325 e. The average molecular weight is 380 g/mol. The quantitative estimate of drug-likeness (QED) is 0.685. The second-order valence-corrected chi connectivity index (χ2v) is 6.38. The number of amides is 1. The number of halogens is 5. The van der Waals surface area contributed by atoms with Gasteiger partial charge in [-0.1, -0.05) is 23.2 Å². The van der Waals surface area contributed by atoms with Crippen LogP contribution in [-0.4, -0.2) is 11.7 Å². The monoisotopic (exact) mass is 379 g/mol. The van der Waals surface area contributed by atoms with E-state index < -0.39 is 11.7 Å². The number of alkyl halides is 3. The maximum absolute atomic E-state index is 12.8. The highest BCUT2D eigenvalue weighted by Crippen LogP contribution is 2.37. The lowest BCUT2D eigenvalue weighted by Crippen LogP contribution is -2.14. The molecule has 23 heavy (non-hydrogen) atoms. The summed E-state index contributed by atoms with van der Waals surface area (Å²) in [5, 5.41) is 2.80. The second kappa shape index (κ2) is 7.47. The molecule has 0 bridgehead atoms. The highest BCUT2D eigenvalue weighted by molar-refractivity contribution is 8.00. The summed E-state index contributed by atoms with van der Waals surface area (Å²) in [6, 6.07) is 10.1. The summed E-state index contributed by atoms with van der Waals surface area (Å²) < 4.78 is 38.3. The Morgan fingerprint density at radius 3 is 2.35 bits per heavy atom. The largest absolute Gasteiger partial charge is 0.417 e. The molecule has 0 aromatic heterocycles. The lowest BCUT2D eigenvalue weighted by atomic mass is 10.2. The molecule has 8 heteroatoms. The maximum atomic E-state index is 12.8. The smallest absolute Gasteiger partial charge is 0.325 e. The Balaban J connectivity index is 1.98. The standard InChI is InChI=1S/C15H10Cl2F3NOS/c16-9-1-3-10(4-2-9)21-14(22)8-23-11-5-6-13(17)12(7-11)15(18,19)20/h1-7H,8H2,(H,21,22). The van der Waals surface area contributed by atoms with Gasteiger partial charge in [0.25, 0.3) is 0 Å². The summed E-state index contributed by atoms with van der Waals surface area (Å²) in [6.45, 7) is 0. The third-order valence-corrected chi connectivity index (χ3v) is 4.32. The normalized spacial score (nSPS) is 11.3. The first kappa shape index (κ1) is 18.0. The summed E-state index contributed by atoms with van der Waals surface area (Å²) in [4.78, 5) is 12.1. The fourth-order valence-corrected chi connectivity index (χ4v) is 2.78. The summed E-state index contributed by atoms with van der Waals surface area (Å²) in [6.07, 6.45) is -4.53. The lowest BCUT2D eigenvalue weighted by molar-refractivity contribution is -0.137. The summed E-state index contributed by atoms with van der Waals surface area (Å²) in [5.74, 6) is -0.359. The number of carbonyl (C=O) groups is 1. The van der Waals surface area contributed by atoms with E-state index in [4.69, 9.17) is 23.2 Å². The number of carbonyl (C=O) groups excluding carboxylic acids is 1. The van der Waals surface area contributed by atoms with Gasteiger partial charge in [-0.05, 0) is 42.5 Å². The van der Waals surface area contributed by atoms with Crippen molar-refractivity contribution in [1.82, 2.24) is 0 Å². The Morgan fingerprint density at radius 1 is 1.09 bits per heavy atom. The van der Waals surface area contributed by atoms with Gasteiger partial charge in [-0.25, -0.2) is 0 Å². The van der Waals surface area contributed by atoms with Gasteiger partial charge in [-0.3, -0.25) is 4.79 Å². The van der Waals surface area contributed by atoms with Gasteiger partial charge < -0.3 is 5.32 Å². The van der Waals surface area contributed by atoms with Crippen LogP contribution in [0.15, 0.2) is 47.4 Å². The first-order valence-electron chi connectivity index (χ1n) is 6.30. The van der Waals surface area contributed by atoms with E-state index in [0.29, 0.717) is 15.6 Å². The first-order chi connectivity index (χ1) is 10.8. The van der Waals surface area contributed by atoms with E-state index in [-0.39, 0.29) is 16.7 Å². The predicted octanol–water partition coefficient (Wildman–Crippen LogP) is 5.74. The van der Waals surface area contributed by atoms with E-state index in [0.717, 1.165) is 17.8 Å². The van der Waals surface area contributed by atoms with Crippen molar-refractivity contribution < 1.29 is 18.0 Å². The summed E-state index contributed by atoms with van der Waals surface area (Å²) in [5.41, 5.74) is -0.352. The number of hydrogen-bond acceptors (Lipinski definition) is 2. The third-order valence-electron chi connectivity index (χ3n) is 2.74. The molecule has 2 nitrogen and oxygen atoms in total. The molecule has 122 valence electrons. The Kier molecular flexibility index (Phi) is 5.84. The zero-order valence-corrected chi connectivity index (χ0v) is 13.8. The van der Waals surface area contributed by atoms with Gasteiger partial charge in [0.2, 0.25) is 5.91 Å². The van der Waals surface area contributed by atoms with E-state index in [2.05, 4.69) is 5.32 Å². The fourth-order valence-electron chi connectivity index (χ4n) is 1.69. The van der Waals surface area contributed by atoms with E-state index in [1.807, 2.05) is 0 Å². The minimum atomic E-state index is -4.53. The molecule has 0 aliphatic carbocycles. The van der Waals surface area contributed by atoms with Gasteiger partial charge in [0.1, 0.15) is 0 Å². The molecule has 0 fully saturated rings. The Labute approximate surface area is 145 Å². The molecule has 0 spiro atoms. The van der Waals surface area contributed by atoms with Crippen molar-refractivity contribution in [3.05, 3.63) is 58.1 Å². The van der Waals surface area contributed by atoms with Crippen molar-refractivity contribution in [3.63, 3.8) is 0 Å². The van der Waals surface area contributed by atoms with Gasteiger partial charge in [-0.2, -0.15) is 13.2 Å². The number of benzene rings is 2. The molecule has 0 unspecified atom stereocenters. The molecule has 0 saturated heterocycles. The zero-order valence-electron chi connectivity index (χ0n) is 11.5. The van der Waals surface area contributed by atoms with Crippen LogP contribution in [0.1, 0.15) is 5.56 Å². The minimum absolute atomic E-state index is 0.0262. The predicted molar refractivity (Wildman–Crippen MR) is 87.3 cm³/mol. The van der Waals surface area contributed by atoms with Crippen molar-refractivity contribution in [2.24, 2.45) is 0 Å². The molecule has 1 N–H and O–H groups in total. The zero-order chi connectivity index (χ0) is 17.0. The highest BCUT2D eigenvalue weighted by Gasteiger charge is 2.33. The Bertz CT molecular complexity index is 705. The van der Waals surface area contributed by atoms with Gasteiger partial charge >= 0.3 is 6.18 Å². The van der Waals surface area contributed by atoms with Crippen LogP contribution in [-0.2, 0) is 11.0 Å². The molecule has 2 aromatic rings. The maximum Gasteiger partial charge on any atom is 0.417 e. The van der Waals surface area contributed by atoms with E-state index >= 15 is 0 Å². The van der Waals surface area contributed by atoms with Crippen LogP contribution in [0.2, 0.25) is 10.0 Å². The van der Waals surface area contributed by atoms with Crippen LogP contribution in [0.4, 0.5) is 18.9 Å². The van der Waals surface area contributed by atoms with Gasteiger partial charge in [-0.15, -0.1) is 11.8 Å². The Hall–Kier alpha value is -1.37. The van der Waals surface area contributed by atoms with Crippen LogP contribution in [0.5, 0.6) is 0 Å². The average Bonchev–Trinajstić information content (AvgIpc) is 2.47. The van der Waals surface area contributed by atoms with Crippen LogP contribution in [0.3, 0.4) is 0 Å². The molecule has 0 atom stereocenters. The third kappa shape index (κ3) is 5.34. The molecule has 1 amide bonds. The molecule has 2 aromatic carbocycles. The van der Waals surface area contributed by atoms with Gasteiger partial charge in [0.05, 0.1) is 16.3 Å². The van der Waals surface area contributed by atoms with Gasteiger partial charge in [0, 0.05) is 15.6 Å². The van der Waals surface area contributed by atoms with Crippen LogP contribution < -0.4 is 5.32 Å². The summed E-state index contributed by atoms with van der Waals surface area (Å²) in [7, 11) is 0. The molecule has 0 saturated carbocycles. The second-order valence-electron chi connectivity index (χ2n) is 4.48. The molecule has 0 heterocycles. The summed E-state index contributed by atoms with van der Waals surface area (Å²) >= 11 is 12.3. The fraction of sp³-hybridized carbons (Fsp3) is 0.133. The molecule has 2 rings (SSSR count).